The summed E-state index contributed by atoms with van der Waals surface area (Å²) in [5.74, 6) is 1.11. The van der Waals surface area contributed by atoms with E-state index < -0.39 is 15.6 Å². The Balaban J connectivity index is 1.68. The second-order valence-corrected chi connectivity index (χ2v) is 10.7. The molecule has 0 amide bonds. The van der Waals surface area contributed by atoms with Crippen LogP contribution in [0.25, 0.3) is 10.9 Å². The number of aromatic amines is 1. The second-order valence-electron chi connectivity index (χ2n) is 8.75. The fraction of sp³-hybridized carbons (Fsp3) is 0.348. The lowest BCUT2D eigenvalue weighted by Gasteiger charge is -2.23. The van der Waals surface area contributed by atoms with Crippen LogP contribution in [0.3, 0.4) is 0 Å². The third-order valence-corrected chi connectivity index (χ3v) is 7.33. The Morgan fingerprint density at radius 1 is 1.06 bits per heavy atom. The molecular formula is C23H26N2O6S. The van der Waals surface area contributed by atoms with Gasteiger partial charge in [0.15, 0.2) is 11.5 Å². The minimum Gasteiger partial charge on any atom is -0.454 e. The first-order chi connectivity index (χ1) is 15.1. The molecule has 2 N–H and O–H groups in total. The maximum absolute atomic E-state index is 13.3. The van der Waals surface area contributed by atoms with E-state index in [1.165, 1.54) is 0 Å². The van der Waals surface area contributed by atoms with E-state index in [9.17, 15) is 18.3 Å². The standard InChI is InChI=1S/C23H26N2O6S/c1-23(2,3)17-4-6-18(7-5-17)32(28,29)25(8-9-26)13-16-10-15-11-20-21(31-14-30-20)12-19(15)24-22(16)27/h4-7,10-12,26H,8-9,13-14H2,1-3H3,(H,24,27). The summed E-state index contributed by atoms with van der Waals surface area (Å²) in [5.41, 5.74) is 1.32. The van der Waals surface area contributed by atoms with Crippen LogP contribution in [0.1, 0.15) is 31.9 Å². The largest absolute Gasteiger partial charge is 0.454 e. The van der Waals surface area contributed by atoms with E-state index in [0.717, 1.165) is 9.87 Å². The Morgan fingerprint density at radius 2 is 1.72 bits per heavy atom. The minimum atomic E-state index is -3.93. The molecule has 4 rings (SSSR count). The summed E-state index contributed by atoms with van der Waals surface area (Å²) in [6.07, 6.45) is 0. The van der Waals surface area contributed by atoms with Crippen LogP contribution in [0, 0.1) is 0 Å². The molecule has 1 aliphatic rings. The highest BCUT2D eigenvalue weighted by Gasteiger charge is 2.26. The monoisotopic (exact) mass is 458 g/mol. The lowest BCUT2D eigenvalue weighted by molar-refractivity contribution is 0.174. The second kappa shape index (κ2) is 8.23. The lowest BCUT2D eigenvalue weighted by atomic mass is 9.87. The maximum atomic E-state index is 13.3. The summed E-state index contributed by atoms with van der Waals surface area (Å²) >= 11 is 0. The number of sulfonamides is 1. The number of fused-ring (bicyclic) bond motifs is 2. The van der Waals surface area contributed by atoms with Crippen molar-refractivity contribution in [2.75, 3.05) is 19.9 Å². The predicted molar refractivity (Wildman–Crippen MR) is 121 cm³/mol. The molecule has 2 heterocycles. The molecule has 0 saturated heterocycles. The van der Waals surface area contributed by atoms with Crippen molar-refractivity contribution in [3.8, 4) is 11.5 Å². The number of hydrogen-bond acceptors (Lipinski definition) is 6. The molecular weight excluding hydrogens is 432 g/mol. The summed E-state index contributed by atoms with van der Waals surface area (Å²) in [6, 6.07) is 11.8. The molecule has 9 heteroatoms. The SMILES string of the molecule is CC(C)(C)c1ccc(S(=O)(=O)N(CCO)Cc2cc3cc4c(cc3[nH]c2=O)OCO4)cc1. The van der Waals surface area contributed by atoms with Gasteiger partial charge < -0.3 is 19.6 Å². The summed E-state index contributed by atoms with van der Waals surface area (Å²) in [6.45, 7) is 5.57. The molecule has 0 saturated carbocycles. The van der Waals surface area contributed by atoms with Gasteiger partial charge >= 0.3 is 0 Å². The lowest BCUT2D eigenvalue weighted by Crippen LogP contribution is -2.35. The van der Waals surface area contributed by atoms with Gasteiger partial charge in [0.2, 0.25) is 16.8 Å². The van der Waals surface area contributed by atoms with E-state index in [2.05, 4.69) is 4.98 Å². The number of H-pyrrole nitrogens is 1. The first-order valence-corrected chi connectivity index (χ1v) is 11.7. The van der Waals surface area contributed by atoms with Gasteiger partial charge in [0.05, 0.1) is 17.0 Å². The number of hydrogen-bond donors (Lipinski definition) is 2. The van der Waals surface area contributed by atoms with Gasteiger partial charge in [-0.2, -0.15) is 4.31 Å². The number of ether oxygens (including phenoxy) is 2. The molecule has 2 aromatic carbocycles. The van der Waals surface area contributed by atoms with Crippen molar-refractivity contribution in [2.45, 2.75) is 37.6 Å². The summed E-state index contributed by atoms with van der Waals surface area (Å²) in [4.78, 5) is 15.6. The van der Waals surface area contributed by atoms with Crippen molar-refractivity contribution in [3.63, 3.8) is 0 Å². The molecule has 0 atom stereocenters. The van der Waals surface area contributed by atoms with Gasteiger partial charge in [-0.3, -0.25) is 4.79 Å². The number of nitrogens with one attached hydrogen (secondary N) is 1. The molecule has 0 fully saturated rings. The topological polar surface area (TPSA) is 109 Å². The van der Waals surface area contributed by atoms with E-state index in [1.807, 2.05) is 20.8 Å². The normalized spacial score (nSPS) is 13.8. The Kier molecular flexibility index (Phi) is 5.74. The van der Waals surface area contributed by atoms with Crippen LogP contribution in [0.2, 0.25) is 0 Å². The van der Waals surface area contributed by atoms with Crippen molar-refractivity contribution >= 4 is 20.9 Å². The highest BCUT2D eigenvalue weighted by atomic mass is 32.2. The van der Waals surface area contributed by atoms with Crippen LogP contribution in [-0.2, 0) is 22.0 Å². The fourth-order valence-corrected chi connectivity index (χ4v) is 5.03. The summed E-state index contributed by atoms with van der Waals surface area (Å²) in [5, 5.41) is 10.2. The Bertz CT molecular complexity index is 1310. The van der Waals surface area contributed by atoms with E-state index >= 15 is 0 Å². The first-order valence-electron chi connectivity index (χ1n) is 10.3. The van der Waals surface area contributed by atoms with Crippen molar-refractivity contribution < 1.29 is 23.0 Å². The average Bonchev–Trinajstić information content (AvgIpc) is 3.19. The van der Waals surface area contributed by atoms with Crippen LogP contribution >= 0.6 is 0 Å². The molecule has 0 bridgehead atoms. The van der Waals surface area contributed by atoms with Gasteiger partial charge in [0.1, 0.15) is 0 Å². The number of aliphatic hydroxyl groups is 1. The van der Waals surface area contributed by atoms with Crippen LogP contribution in [-0.4, -0.2) is 42.8 Å². The van der Waals surface area contributed by atoms with Gasteiger partial charge in [-0.05, 0) is 35.2 Å². The zero-order valence-electron chi connectivity index (χ0n) is 18.2. The van der Waals surface area contributed by atoms with E-state index in [-0.39, 0.29) is 42.4 Å². The van der Waals surface area contributed by atoms with Crippen molar-refractivity contribution in [1.82, 2.24) is 9.29 Å². The van der Waals surface area contributed by atoms with Gasteiger partial charge in [-0.15, -0.1) is 0 Å². The van der Waals surface area contributed by atoms with Gasteiger partial charge in [-0.25, -0.2) is 8.42 Å². The molecule has 1 aliphatic heterocycles. The van der Waals surface area contributed by atoms with Crippen molar-refractivity contribution in [1.29, 1.82) is 0 Å². The smallest absolute Gasteiger partial charge is 0.252 e. The van der Waals surface area contributed by atoms with E-state index in [0.29, 0.717) is 22.4 Å². The van der Waals surface area contributed by atoms with Crippen LogP contribution < -0.4 is 15.0 Å². The fourth-order valence-electron chi connectivity index (χ4n) is 3.62. The number of benzene rings is 2. The average molecular weight is 459 g/mol. The highest BCUT2D eigenvalue weighted by molar-refractivity contribution is 7.89. The van der Waals surface area contributed by atoms with E-state index in [4.69, 9.17) is 9.47 Å². The van der Waals surface area contributed by atoms with Gasteiger partial charge in [-0.1, -0.05) is 32.9 Å². The molecule has 0 spiro atoms. The van der Waals surface area contributed by atoms with E-state index in [1.54, 1.807) is 42.5 Å². The number of pyridine rings is 1. The Morgan fingerprint density at radius 3 is 2.34 bits per heavy atom. The molecule has 170 valence electrons. The first kappa shape index (κ1) is 22.3. The predicted octanol–water partition coefficient (Wildman–Crippen LogP) is 2.74. The third-order valence-electron chi connectivity index (χ3n) is 5.47. The maximum Gasteiger partial charge on any atom is 0.252 e. The number of nitrogens with zero attached hydrogens (tertiary/aromatic N) is 1. The molecule has 8 nitrogen and oxygen atoms in total. The molecule has 0 radical (unpaired) electrons. The summed E-state index contributed by atoms with van der Waals surface area (Å²) in [7, 11) is -3.93. The zero-order valence-corrected chi connectivity index (χ0v) is 19.0. The molecule has 3 aromatic rings. The van der Waals surface area contributed by atoms with Crippen LogP contribution in [0.4, 0.5) is 0 Å². The number of rotatable bonds is 6. The molecule has 1 aromatic heterocycles. The molecule has 32 heavy (non-hydrogen) atoms. The molecule has 0 unspecified atom stereocenters. The van der Waals surface area contributed by atoms with Crippen molar-refractivity contribution in [3.05, 3.63) is 63.9 Å². The minimum absolute atomic E-state index is 0.110. The Labute approximate surface area is 186 Å². The highest BCUT2D eigenvalue weighted by Crippen LogP contribution is 2.35. The van der Waals surface area contributed by atoms with Gasteiger partial charge in [0, 0.05) is 30.1 Å². The quantitative estimate of drug-likeness (QED) is 0.588. The third kappa shape index (κ3) is 4.23. The number of aliphatic hydroxyl groups excluding tert-OH is 1. The van der Waals surface area contributed by atoms with Crippen LogP contribution in [0.15, 0.2) is 52.2 Å². The van der Waals surface area contributed by atoms with Crippen molar-refractivity contribution in [2.24, 2.45) is 0 Å². The number of aromatic nitrogens is 1. The molecule has 0 aliphatic carbocycles. The van der Waals surface area contributed by atoms with Gasteiger partial charge in [0.25, 0.3) is 5.56 Å². The summed E-state index contributed by atoms with van der Waals surface area (Å²) < 4.78 is 38.4. The van der Waals surface area contributed by atoms with Crippen LogP contribution in [0.5, 0.6) is 11.5 Å². The Hall–Kier alpha value is -2.88. The zero-order chi connectivity index (χ0) is 23.1.